The molecule has 2 aromatic carbocycles. The maximum Gasteiger partial charge on any atom is 0.200 e. The van der Waals surface area contributed by atoms with Gasteiger partial charge in [0, 0.05) is 57.3 Å². The second kappa shape index (κ2) is 11.5. The number of phenols is 2. The number of aliphatic hydroxyl groups is 1. The van der Waals surface area contributed by atoms with Crippen LogP contribution < -0.4 is 16.0 Å². The Hall–Kier alpha value is -3.18. The van der Waals surface area contributed by atoms with Gasteiger partial charge < -0.3 is 36.0 Å². The van der Waals surface area contributed by atoms with Gasteiger partial charge in [-0.3, -0.25) is 14.5 Å². The molecule has 0 bridgehead atoms. The zero-order valence-electron chi connectivity index (χ0n) is 19.6. The molecule has 0 radical (unpaired) electrons. The number of hydrogen-bond acceptors (Lipinski definition) is 10. The number of benzene rings is 2. The Morgan fingerprint density at radius 2 is 1.46 bits per heavy atom. The molecule has 1 fully saturated rings. The standard InChI is InChI=1S/C25H32N4O6/c30-13-1-7-26-8-9-27-16-3-4-17(28-10-12-29-11-2-14-35-15-29)21-20(16)24(33)22-18(31)5-6-19(32)23(22)25(21)34/h3-6,26-28,30-32H,1-2,7-15H2. The van der Waals surface area contributed by atoms with Crippen LogP contribution in [0, 0.1) is 0 Å². The van der Waals surface area contributed by atoms with Gasteiger partial charge in [0.1, 0.15) is 11.5 Å². The molecule has 6 N–H and O–H groups in total. The van der Waals surface area contributed by atoms with Gasteiger partial charge in [-0.2, -0.15) is 0 Å². The van der Waals surface area contributed by atoms with Crippen LogP contribution in [-0.4, -0.2) is 91.0 Å². The van der Waals surface area contributed by atoms with E-state index in [0.717, 1.165) is 19.6 Å². The highest BCUT2D eigenvalue weighted by Crippen LogP contribution is 2.42. The van der Waals surface area contributed by atoms with Crippen LogP contribution in [0.2, 0.25) is 0 Å². The molecule has 1 aliphatic heterocycles. The van der Waals surface area contributed by atoms with E-state index in [9.17, 15) is 19.8 Å². The summed E-state index contributed by atoms with van der Waals surface area (Å²) >= 11 is 0. The Kier molecular flexibility index (Phi) is 8.19. The number of nitrogens with zero attached hydrogens (tertiary/aromatic N) is 1. The molecule has 0 atom stereocenters. The number of carbonyl (C=O) groups excluding carboxylic acids is 2. The smallest absolute Gasteiger partial charge is 0.200 e. The number of nitrogens with one attached hydrogen (secondary N) is 3. The van der Waals surface area contributed by atoms with Crippen molar-refractivity contribution in [3.63, 3.8) is 0 Å². The molecule has 35 heavy (non-hydrogen) atoms. The first kappa shape index (κ1) is 24.9. The number of ketones is 2. The van der Waals surface area contributed by atoms with Crippen molar-refractivity contribution in [2.24, 2.45) is 0 Å². The molecule has 10 nitrogen and oxygen atoms in total. The first-order valence-electron chi connectivity index (χ1n) is 11.9. The fourth-order valence-electron chi connectivity index (χ4n) is 4.45. The average Bonchev–Trinajstić information content (AvgIpc) is 2.87. The zero-order chi connectivity index (χ0) is 24.8. The van der Waals surface area contributed by atoms with Crippen LogP contribution >= 0.6 is 0 Å². The zero-order valence-corrected chi connectivity index (χ0v) is 19.6. The van der Waals surface area contributed by atoms with Crippen LogP contribution in [0.5, 0.6) is 11.5 Å². The number of phenolic OH excluding ortho intramolecular Hbond substituents is 2. The second-order valence-electron chi connectivity index (χ2n) is 8.61. The lowest BCUT2D eigenvalue weighted by Gasteiger charge is -2.28. The molecular formula is C25H32N4O6. The SMILES string of the molecule is O=C1c2c(O)ccc(O)c2C(=O)c2c(NCCN3CCCOC3)ccc(NCCNCCCO)c21. The van der Waals surface area contributed by atoms with Gasteiger partial charge in [0.2, 0.25) is 11.6 Å². The molecule has 1 heterocycles. The lowest BCUT2D eigenvalue weighted by molar-refractivity contribution is -0.0110. The predicted octanol–water partition coefficient (Wildman–Crippen LogP) is 1.35. The van der Waals surface area contributed by atoms with Crippen molar-refractivity contribution >= 4 is 22.9 Å². The van der Waals surface area contributed by atoms with Crippen LogP contribution in [0.15, 0.2) is 24.3 Å². The number of aromatic hydroxyl groups is 2. The second-order valence-corrected chi connectivity index (χ2v) is 8.61. The minimum atomic E-state index is -0.521. The molecule has 2 aromatic rings. The van der Waals surface area contributed by atoms with E-state index < -0.39 is 11.6 Å². The van der Waals surface area contributed by atoms with E-state index in [1.807, 2.05) is 0 Å². The van der Waals surface area contributed by atoms with E-state index in [0.29, 0.717) is 57.3 Å². The third-order valence-corrected chi connectivity index (χ3v) is 6.18. The summed E-state index contributed by atoms with van der Waals surface area (Å²) in [4.78, 5) is 29.3. The molecule has 1 saturated heterocycles. The third kappa shape index (κ3) is 5.40. The Labute approximate surface area is 203 Å². The Morgan fingerprint density at radius 3 is 2.03 bits per heavy atom. The summed E-state index contributed by atoms with van der Waals surface area (Å²) in [6.07, 6.45) is 1.61. The van der Waals surface area contributed by atoms with Crippen LogP contribution in [0.4, 0.5) is 11.4 Å². The van der Waals surface area contributed by atoms with E-state index in [-0.39, 0.29) is 40.4 Å². The largest absolute Gasteiger partial charge is 0.507 e. The summed E-state index contributed by atoms with van der Waals surface area (Å²) in [5.74, 6) is -1.73. The molecule has 0 spiro atoms. The highest BCUT2D eigenvalue weighted by molar-refractivity contribution is 6.33. The van der Waals surface area contributed by atoms with Gasteiger partial charge in [-0.15, -0.1) is 0 Å². The quantitative estimate of drug-likeness (QED) is 0.174. The van der Waals surface area contributed by atoms with Gasteiger partial charge in [0.15, 0.2) is 0 Å². The highest BCUT2D eigenvalue weighted by atomic mass is 16.5. The molecule has 4 rings (SSSR count). The Bertz CT molecular complexity index is 1080. The van der Waals surface area contributed by atoms with E-state index in [1.54, 1.807) is 12.1 Å². The van der Waals surface area contributed by atoms with E-state index in [4.69, 9.17) is 9.84 Å². The first-order valence-corrected chi connectivity index (χ1v) is 11.9. The summed E-state index contributed by atoms with van der Waals surface area (Å²) in [6.45, 7) is 5.36. The first-order chi connectivity index (χ1) is 17.0. The van der Waals surface area contributed by atoms with Crippen molar-refractivity contribution in [3.8, 4) is 11.5 Å². The summed E-state index contributed by atoms with van der Waals surface area (Å²) in [5, 5.41) is 39.3. The number of hydrogen-bond donors (Lipinski definition) is 6. The Morgan fingerprint density at radius 1 is 0.829 bits per heavy atom. The fraction of sp³-hybridized carbons (Fsp3) is 0.440. The number of ether oxygens (including phenoxy) is 1. The molecule has 0 saturated carbocycles. The molecule has 2 aliphatic rings. The number of anilines is 2. The number of fused-ring (bicyclic) bond motifs is 2. The van der Waals surface area contributed by atoms with Gasteiger partial charge >= 0.3 is 0 Å². The molecule has 10 heteroatoms. The van der Waals surface area contributed by atoms with Crippen LogP contribution in [0.1, 0.15) is 44.7 Å². The number of rotatable bonds is 11. The van der Waals surface area contributed by atoms with Gasteiger partial charge in [-0.05, 0) is 43.7 Å². The van der Waals surface area contributed by atoms with Gasteiger partial charge in [-0.25, -0.2) is 0 Å². The number of aliphatic hydroxyl groups excluding tert-OH is 1. The highest BCUT2D eigenvalue weighted by Gasteiger charge is 2.37. The average molecular weight is 485 g/mol. The van der Waals surface area contributed by atoms with Gasteiger partial charge in [0.05, 0.1) is 29.0 Å². The molecular weight excluding hydrogens is 452 g/mol. The molecule has 0 aromatic heterocycles. The minimum Gasteiger partial charge on any atom is -0.507 e. The van der Waals surface area contributed by atoms with E-state index in [1.165, 1.54) is 12.1 Å². The van der Waals surface area contributed by atoms with E-state index in [2.05, 4.69) is 20.9 Å². The van der Waals surface area contributed by atoms with Gasteiger partial charge in [0.25, 0.3) is 0 Å². The summed E-state index contributed by atoms with van der Waals surface area (Å²) in [5.41, 5.74) is 0.954. The molecule has 0 unspecified atom stereocenters. The van der Waals surface area contributed by atoms with Crippen molar-refractivity contribution in [1.82, 2.24) is 10.2 Å². The van der Waals surface area contributed by atoms with Gasteiger partial charge in [-0.1, -0.05) is 0 Å². The Balaban J connectivity index is 1.61. The maximum atomic E-state index is 13.6. The lowest BCUT2D eigenvalue weighted by atomic mass is 9.81. The topological polar surface area (TPSA) is 143 Å². The molecule has 1 aliphatic carbocycles. The minimum absolute atomic E-state index is 0.111. The van der Waals surface area contributed by atoms with Crippen LogP contribution in [-0.2, 0) is 4.74 Å². The van der Waals surface area contributed by atoms with Crippen molar-refractivity contribution in [2.45, 2.75) is 12.8 Å². The number of carbonyl (C=O) groups is 2. The fourth-order valence-corrected chi connectivity index (χ4v) is 4.45. The van der Waals surface area contributed by atoms with Crippen LogP contribution in [0.25, 0.3) is 0 Å². The monoisotopic (exact) mass is 484 g/mol. The van der Waals surface area contributed by atoms with Crippen molar-refractivity contribution in [1.29, 1.82) is 0 Å². The van der Waals surface area contributed by atoms with Crippen molar-refractivity contribution in [3.05, 3.63) is 46.5 Å². The predicted molar refractivity (Wildman–Crippen MR) is 132 cm³/mol. The molecule has 0 amide bonds. The van der Waals surface area contributed by atoms with Crippen molar-refractivity contribution in [2.75, 3.05) is 69.8 Å². The third-order valence-electron chi connectivity index (χ3n) is 6.18. The summed E-state index contributed by atoms with van der Waals surface area (Å²) in [6, 6.07) is 5.93. The lowest BCUT2D eigenvalue weighted by Crippen LogP contribution is -2.36. The molecule has 188 valence electrons. The van der Waals surface area contributed by atoms with Crippen LogP contribution in [0.3, 0.4) is 0 Å². The summed E-state index contributed by atoms with van der Waals surface area (Å²) < 4.78 is 5.48. The maximum absolute atomic E-state index is 13.6. The van der Waals surface area contributed by atoms with E-state index >= 15 is 0 Å². The normalized spacial score (nSPS) is 15.6. The van der Waals surface area contributed by atoms with Crippen molar-refractivity contribution < 1.29 is 29.6 Å². The summed E-state index contributed by atoms with van der Waals surface area (Å²) in [7, 11) is 0.